The Morgan fingerprint density at radius 2 is 1.94 bits per heavy atom. The number of carbonyl (C=O) groups is 1. The van der Waals surface area contributed by atoms with Crippen molar-refractivity contribution in [2.45, 2.75) is 18.6 Å². The predicted octanol–water partition coefficient (Wildman–Crippen LogP) is 2.03. The van der Waals surface area contributed by atoms with Crippen LogP contribution < -0.4 is 10.2 Å². The lowest BCUT2D eigenvalue weighted by molar-refractivity contribution is -0.137. The molecule has 0 bridgehead atoms. The van der Waals surface area contributed by atoms with E-state index in [0.29, 0.717) is 13.0 Å². The molecule has 0 spiro atoms. The molecule has 1 aromatic carbocycles. The molecular weight excluding hydrogens is 245 g/mol. The van der Waals surface area contributed by atoms with Crippen LogP contribution in [-0.2, 0) is 11.0 Å². The Balaban J connectivity index is 2.05. The summed E-state index contributed by atoms with van der Waals surface area (Å²) in [5, 5.41) is 2.68. The van der Waals surface area contributed by atoms with E-state index < -0.39 is 11.7 Å². The van der Waals surface area contributed by atoms with Gasteiger partial charge in [0.2, 0.25) is 6.41 Å². The number of alkyl halides is 3. The van der Waals surface area contributed by atoms with Crippen LogP contribution in [0.3, 0.4) is 0 Å². The van der Waals surface area contributed by atoms with E-state index in [4.69, 9.17) is 0 Å². The van der Waals surface area contributed by atoms with Gasteiger partial charge >= 0.3 is 6.18 Å². The highest BCUT2D eigenvalue weighted by atomic mass is 19.4. The zero-order valence-corrected chi connectivity index (χ0v) is 9.57. The number of benzene rings is 1. The molecule has 1 fully saturated rings. The van der Waals surface area contributed by atoms with Crippen molar-refractivity contribution in [2.24, 2.45) is 0 Å². The Hall–Kier alpha value is -1.72. The van der Waals surface area contributed by atoms with E-state index in [1.165, 1.54) is 12.1 Å². The van der Waals surface area contributed by atoms with Crippen molar-refractivity contribution < 1.29 is 18.0 Å². The zero-order valence-electron chi connectivity index (χ0n) is 9.57. The first kappa shape index (κ1) is 12.7. The normalized spacial score (nSPS) is 19.9. The van der Waals surface area contributed by atoms with Crippen LogP contribution in [0.25, 0.3) is 0 Å². The summed E-state index contributed by atoms with van der Waals surface area (Å²) in [4.78, 5) is 12.3. The molecule has 0 aromatic heterocycles. The Morgan fingerprint density at radius 3 is 2.50 bits per heavy atom. The van der Waals surface area contributed by atoms with Gasteiger partial charge in [0.1, 0.15) is 0 Å². The summed E-state index contributed by atoms with van der Waals surface area (Å²) in [6, 6.07) is 5.16. The van der Waals surface area contributed by atoms with Crippen LogP contribution in [0.5, 0.6) is 0 Å². The summed E-state index contributed by atoms with van der Waals surface area (Å²) in [5.41, 5.74) is 0.103. The summed E-state index contributed by atoms with van der Waals surface area (Å²) < 4.78 is 37.2. The van der Waals surface area contributed by atoms with Crippen molar-refractivity contribution in [3.8, 4) is 0 Å². The van der Waals surface area contributed by atoms with Gasteiger partial charge in [0.15, 0.2) is 0 Å². The Kier molecular flexibility index (Phi) is 3.45. The maximum absolute atomic E-state index is 12.4. The minimum absolute atomic E-state index is 0.0739. The van der Waals surface area contributed by atoms with Gasteiger partial charge in [0.25, 0.3) is 0 Å². The SMILES string of the molecule is O=CNC1CCN(c2ccc(C(F)(F)F)cc2)C1. The molecular formula is C12H13F3N2O. The summed E-state index contributed by atoms with van der Waals surface area (Å²) >= 11 is 0. The predicted molar refractivity (Wildman–Crippen MR) is 61.3 cm³/mol. The Bertz CT molecular complexity index is 416. The van der Waals surface area contributed by atoms with E-state index in [2.05, 4.69) is 5.32 Å². The molecule has 6 heteroatoms. The van der Waals surface area contributed by atoms with Gasteiger partial charge in [-0.2, -0.15) is 13.2 Å². The number of halogens is 3. The number of hydrogen-bond donors (Lipinski definition) is 1. The third-order valence-electron chi connectivity index (χ3n) is 3.05. The molecule has 18 heavy (non-hydrogen) atoms. The van der Waals surface area contributed by atoms with Gasteiger partial charge in [-0.1, -0.05) is 0 Å². The highest BCUT2D eigenvalue weighted by molar-refractivity contribution is 5.51. The van der Waals surface area contributed by atoms with Crippen molar-refractivity contribution >= 4 is 12.1 Å². The molecule has 1 amide bonds. The highest BCUT2D eigenvalue weighted by Crippen LogP contribution is 2.31. The van der Waals surface area contributed by atoms with E-state index in [9.17, 15) is 18.0 Å². The number of carbonyl (C=O) groups excluding carboxylic acids is 1. The third kappa shape index (κ3) is 2.75. The number of amides is 1. The molecule has 1 aliphatic heterocycles. The fraction of sp³-hybridized carbons (Fsp3) is 0.417. The molecule has 1 unspecified atom stereocenters. The van der Waals surface area contributed by atoms with Crippen LogP contribution in [0.2, 0.25) is 0 Å². The summed E-state index contributed by atoms with van der Waals surface area (Å²) in [6.45, 7) is 1.36. The summed E-state index contributed by atoms with van der Waals surface area (Å²) in [7, 11) is 0. The lowest BCUT2D eigenvalue weighted by atomic mass is 10.2. The second kappa shape index (κ2) is 4.88. The van der Waals surface area contributed by atoms with Gasteiger partial charge in [-0.15, -0.1) is 0 Å². The summed E-state index contributed by atoms with van der Waals surface area (Å²) in [6.07, 6.45) is -2.84. The fourth-order valence-corrected chi connectivity index (χ4v) is 2.09. The van der Waals surface area contributed by atoms with E-state index in [-0.39, 0.29) is 6.04 Å². The molecule has 0 aliphatic carbocycles. The first-order chi connectivity index (χ1) is 8.50. The van der Waals surface area contributed by atoms with Crippen LogP contribution in [0.1, 0.15) is 12.0 Å². The molecule has 1 heterocycles. The van der Waals surface area contributed by atoms with E-state index >= 15 is 0 Å². The van der Waals surface area contributed by atoms with Crippen LogP contribution >= 0.6 is 0 Å². The number of anilines is 1. The lowest BCUT2D eigenvalue weighted by Crippen LogP contribution is -2.31. The molecule has 98 valence electrons. The van der Waals surface area contributed by atoms with Crippen LogP contribution in [-0.4, -0.2) is 25.5 Å². The maximum Gasteiger partial charge on any atom is 0.416 e. The van der Waals surface area contributed by atoms with Gasteiger partial charge in [-0.05, 0) is 30.7 Å². The van der Waals surface area contributed by atoms with Gasteiger partial charge in [-0.25, -0.2) is 0 Å². The van der Waals surface area contributed by atoms with Gasteiger partial charge in [0, 0.05) is 24.8 Å². The van der Waals surface area contributed by atoms with E-state index in [0.717, 1.165) is 30.8 Å². The van der Waals surface area contributed by atoms with E-state index in [1.54, 1.807) is 0 Å². The molecule has 3 nitrogen and oxygen atoms in total. The van der Waals surface area contributed by atoms with Crippen molar-refractivity contribution in [2.75, 3.05) is 18.0 Å². The van der Waals surface area contributed by atoms with Crippen LogP contribution in [0.4, 0.5) is 18.9 Å². The zero-order chi connectivity index (χ0) is 13.2. The topological polar surface area (TPSA) is 32.3 Å². The fourth-order valence-electron chi connectivity index (χ4n) is 2.09. The number of rotatable bonds is 3. The van der Waals surface area contributed by atoms with Crippen LogP contribution in [0, 0.1) is 0 Å². The Labute approximate surface area is 103 Å². The van der Waals surface area contributed by atoms with Gasteiger partial charge in [0.05, 0.1) is 5.56 Å². The molecule has 1 aliphatic rings. The van der Waals surface area contributed by atoms with Crippen molar-refractivity contribution in [1.29, 1.82) is 0 Å². The number of nitrogens with one attached hydrogen (secondary N) is 1. The first-order valence-corrected chi connectivity index (χ1v) is 5.62. The van der Waals surface area contributed by atoms with Crippen LogP contribution in [0.15, 0.2) is 24.3 Å². The molecule has 0 saturated carbocycles. The standard InChI is InChI=1S/C12H13F3N2O/c13-12(14,15)9-1-3-11(4-2-9)17-6-5-10(7-17)16-8-18/h1-4,8,10H,5-7H2,(H,16,18). The van der Waals surface area contributed by atoms with Gasteiger partial charge < -0.3 is 10.2 Å². The second-order valence-electron chi connectivity index (χ2n) is 4.26. The average Bonchev–Trinajstić information content (AvgIpc) is 2.77. The molecule has 2 rings (SSSR count). The molecule has 1 atom stereocenters. The Morgan fingerprint density at radius 1 is 1.28 bits per heavy atom. The largest absolute Gasteiger partial charge is 0.416 e. The highest BCUT2D eigenvalue weighted by Gasteiger charge is 2.30. The maximum atomic E-state index is 12.4. The number of hydrogen-bond acceptors (Lipinski definition) is 2. The van der Waals surface area contributed by atoms with Crippen molar-refractivity contribution in [3.05, 3.63) is 29.8 Å². The van der Waals surface area contributed by atoms with Crippen molar-refractivity contribution in [3.63, 3.8) is 0 Å². The quantitative estimate of drug-likeness (QED) is 0.841. The smallest absolute Gasteiger partial charge is 0.369 e. The van der Waals surface area contributed by atoms with E-state index in [1.807, 2.05) is 4.90 Å². The minimum atomic E-state index is -4.30. The second-order valence-corrected chi connectivity index (χ2v) is 4.26. The molecule has 1 aromatic rings. The summed E-state index contributed by atoms with van der Waals surface area (Å²) in [5.74, 6) is 0. The van der Waals surface area contributed by atoms with Gasteiger partial charge in [-0.3, -0.25) is 4.79 Å². The molecule has 0 radical (unpaired) electrons. The monoisotopic (exact) mass is 258 g/mol. The third-order valence-corrected chi connectivity index (χ3v) is 3.05. The minimum Gasteiger partial charge on any atom is -0.369 e. The first-order valence-electron chi connectivity index (χ1n) is 5.62. The molecule has 1 saturated heterocycles. The lowest BCUT2D eigenvalue weighted by Gasteiger charge is -2.19. The van der Waals surface area contributed by atoms with Crippen molar-refractivity contribution in [1.82, 2.24) is 5.32 Å². The molecule has 1 N–H and O–H groups in total. The number of nitrogens with zero attached hydrogens (tertiary/aromatic N) is 1. The average molecular weight is 258 g/mol.